The van der Waals surface area contributed by atoms with E-state index in [4.69, 9.17) is 0 Å². The SMILES string of the molecule is Cc1ccccc1C(=O)Nc1nn(C)c2ncccc12. The van der Waals surface area contributed by atoms with E-state index in [1.54, 1.807) is 24.0 Å². The molecule has 100 valence electrons. The van der Waals surface area contributed by atoms with Crippen LogP contribution >= 0.6 is 0 Å². The van der Waals surface area contributed by atoms with E-state index in [-0.39, 0.29) is 5.91 Å². The minimum atomic E-state index is -0.160. The number of nitrogens with one attached hydrogen (secondary N) is 1. The van der Waals surface area contributed by atoms with Crippen LogP contribution < -0.4 is 5.32 Å². The van der Waals surface area contributed by atoms with Crippen LogP contribution in [0.2, 0.25) is 0 Å². The van der Waals surface area contributed by atoms with Gasteiger partial charge in [0.2, 0.25) is 0 Å². The Morgan fingerprint density at radius 2 is 2.00 bits per heavy atom. The van der Waals surface area contributed by atoms with Crippen molar-refractivity contribution in [3.8, 4) is 0 Å². The summed E-state index contributed by atoms with van der Waals surface area (Å²) in [5.74, 6) is 0.371. The van der Waals surface area contributed by atoms with Gasteiger partial charge in [-0.15, -0.1) is 0 Å². The van der Waals surface area contributed by atoms with Crippen LogP contribution in [0.3, 0.4) is 0 Å². The Morgan fingerprint density at radius 1 is 1.20 bits per heavy atom. The van der Waals surface area contributed by atoms with E-state index in [2.05, 4.69) is 15.4 Å². The van der Waals surface area contributed by atoms with E-state index < -0.39 is 0 Å². The zero-order valence-electron chi connectivity index (χ0n) is 11.3. The van der Waals surface area contributed by atoms with Crippen LogP contribution in [-0.4, -0.2) is 20.7 Å². The van der Waals surface area contributed by atoms with Crippen LogP contribution in [0.4, 0.5) is 5.82 Å². The predicted octanol–water partition coefficient (Wildman–Crippen LogP) is 2.53. The maximum atomic E-state index is 12.3. The summed E-state index contributed by atoms with van der Waals surface area (Å²) in [7, 11) is 1.80. The van der Waals surface area contributed by atoms with Crippen molar-refractivity contribution in [2.45, 2.75) is 6.92 Å². The Bertz CT molecular complexity index is 791. The monoisotopic (exact) mass is 266 g/mol. The summed E-state index contributed by atoms with van der Waals surface area (Å²) in [5, 5.41) is 7.99. The van der Waals surface area contributed by atoms with Crippen molar-refractivity contribution in [1.82, 2.24) is 14.8 Å². The number of amides is 1. The fourth-order valence-corrected chi connectivity index (χ4v) is 2.19. The molecule has 2 heterocycles. The Morgan fingerprint density at radius 3 is 2.80 bits per heavy atom. The summed E-state index contributed by atoms with van der Waals surface area (Å²) in [6, 6.07) is 11.2. The quantitative estimate of drug-likeness (QED) is 0.775. The molecule has 0 saturated heterocycles. The second-order valence-electron chi connectivity index (χ2n) is 4.62. The minimum Gasteiger partial charge on any atom is -0.304 e. The molecule has 0 aliphatic rings. The molecule has 1 amide bonds. The highest BCUT2D eigenvalue weighted by Crippen LogP contribution is 2.20. The first kappa shape index (κ1) is 12.3. The number of rotatable bonds is 2. The molecule has 0 aliphatic heterocycles. The molecule has 0 saturated carbocycles. The lowest BCUT2D eigenvalue weighted by Crippen LogP contribution is -2.14. The van der Waals surface area contributed by atoms with Gasteiger partial charge in [0.15, 0.2) is 11.5 Å². The average Bonchev–Trinajstić information content (AvgIpc) is 2.76. The van der Waals surface area contributed by atoms with Gasteiger partial charge in [0.1, 0.15) is 0 Å². The number of fused-ring (bicyclic) bond motifs is 1. The summed E-state index contributed by atoms with van der Waals surface area (Å²) < 4.78 is 1.66. The van der Waals surface area contributed by atoms with Gasteiger partial charge in [-0.2, -0.15) is 5.10 Å². The van der Waals surface area contributed by atoms with Crippen LogP contribution in [0.1, 0.15) is 15.9 Å². The number of hydrogen-bond acceptors (Lipinski definition) is 3. The number of benzene rings is 1. The zero-order valence-corrected chi connectivity index (χ0v) is 11.3. The van der Waals surface area contributed by atoms with Gasteiger partial charge in [-0.1, -0.05) is 18.2 Å². The number of hydrogen-bond donors (Lipinski definition) is 1. The summed E-state index contributed by atoms with van der Waals surface area (Å²) >= 11 is 0. The zero-order chi connectivity index (χ0) is 14.1. The van der Waals surface area contributed by atoms with Crippen LogP contribution in [0.25, 0.3) is 11.0 Å². The molecule has 1 N–H and O–H groups in total. The first-order chi connectivity index (χ1) is 9.66. The second-order valence-corrected chi connectivity index (χ2v) is 4.62. The van der Waals surface area contributed by atoms with Gasteiger partial charge in [-0.3, -0.25) is 4.79 Å². The van der Waals surface area contributed by atoms with Gasteiger partial charge in [0.25, 0.3) is 5.91 Å². The Labute approximate surface area is 116 Å². The molecule has 0 atom stereocenters. The molecule has 0 radical (unpaired) electrons. The van der Waals surface area contributed by atoms with Crippen molar-refractivity contribution in [1.29, 1.82) is 0 Å². The lowest BCUT2D eigenvalue weighted by molar-refractivity contribution is 0.102. The van der Waals surface area contributed by atoms with E-state index in [0.717, 1.165) is 16.6 Å². The maximum absolute atomic E-state index is 12.3. The molecule has 5 heteroatoms. The van der Waals surface area contributed by atoms with Crippen molar-refractivity contribution in [2.24, 2.45) is 7.05 Å². The fourth-order valence-electron chi connectivity index (χ4n) is 2.19. The predicted molar refractivity (Wildman–Crippen MR) is 77.6 cm³/mol. The van der Waals surface area contributed by atoms with Gasteiger partial charge in [-0.25, -0.2) is 9.67 Å². The number of anilines is 1. The highest BCUT2D eigenvalue weighted by Gasteiger charge is 2.14. The van der Waals surface area contributed by atoms with Gasteiger partial charge < -0.3 is 5.32 Å². The van der Waals surface area contributed by atoms with Crippen LogP contribution in [0.15, 0.2) is 42.6 Å². The third-order valence-corrected chi connectivity index (χ3v) is 3.22. The first-order valence-electron chi connectivity index (χ1n) is 6.31. The number of carbonyl (C=O) groups excluding carboxylic acids is 1. The number of pyridine rings is 1. The molecular formula is C15H14N4O. The second kappa shape index (κ2) is 4.77. The normalized spacial score (nSPS) is 10.7. The molecule has 0 spiro atoms. The fraction of sp³-hybridized carbons (Fsp3) is 0.133. The highest BCUT2D eigenvalue weighted by molar-refractivity contribution is 6.08. The Kier molecular flexibility index (Phi) is 2.95. The Balaban J connectivity index is 1.98. The van der Waals surface area contributed by atoms with E-state index in [0.29, 0.717) is 11.4 Å². The minimum absolute atomic E-state index is 0.160. The van der Waals surface area contributed by atoms with Crippen LogP contribution in [0, 0.1) is 6.92 Å². The summed E-state index contributed by atoms with van der Waals surface area (Å²) in [5.41, 5.74) is 2.33. The molecule has 2 aromatic heterocycles. The number of nitrogens with zero attached hydrogens (tertiary/aromatic N) is 3. The molecule has 1 aromatic carbocycles. The highest BCUT2D eigenvalue weighted by atomic mass is 16.1. The summed E-state index contributed by atoms with van der Waals surface area (Å²) in [6.45, 7) is 1.91. The van der Waals surface area contributed by atoms with E-state index in [1.807, 2.05) is 37.3 Å². The first-order valence-corrected chi connectivity index (χ1v) is 6.31. The number of aryl methyl sites for hydroxylation is 2. The molecule has 3 rings (SSSR count). The Hall–Kier alpha value is -2.69. The van der Waals surface area contributed by atoms with Gasteiger partial charge in [-0.05, 0) is 30.7 Å². The largest absolute Gasteiger partial charge is 0.304 e. The van der Waals surface area contributed by atoms with Gasteiger partial charge >= 0.3 is 0 Å². The lowest BCUT2D eigenvalue weighted by Gasteiger charge is -2.05. The van der Waals surface area contributed by atoms with Crippen LogP contribution in [0.5, 0.6) is 0 Å². The smallest absolute Gasteiger partial charge is 0.257 e. The van der Waals surface area contributed by atoms with Crippen LogP contribution in [-0.2, 0) is 7.05 Å². The molecule has 0 fully saturated rings. The number of aromatic nitrogens is 3. The third kappa shape index (κ3) is 2.03. The van der Waals surface area contributed by atoms with Gasteiger partial charge in [0, 0.05) is 18.8 Å². The number of carbonyl (C=O) groups is 1. The molecule has 5 nitrogen and oxygen atoms in total. The van der Waals surface area contributed by atoms with Crippen molar-refractivity contribution >= 4 is 22.8 Å². The lowest BCUT2D eigenvalue weighted by atomic mass is 10.1. The topological polar surface area (TPSA) is 59.8 Å². The van der Waals surface area contributed by atoms with E-state index in [9.17, 15) is 4.79 Å². The maximum Gasteiger partial charge on any atom is 0.257 e. The van der Waals surface area contributed by atoms with Crippen molar-refractivity contribution in [3.63, 3.8) is 0 Å². The third-order valence-electron chi connectivity index (χ3n) is 3.22. The molecule has 3 aromatic rings. The molecule has 0 unspecified atom stereocenters. The van der Waals surface area contributed by atoms with E-state index in [1.165, 1.54) is 0 Å². The molecule has 20 heavy (non-hydrogen) atoms. The molecule has 0 bridgehead atoms. The van der Waals surface area contributed by atoms with Gasteiger partial charge in [0.05, 0.1) is 5.39 Å². The van der Waals surface area contributed by atoms with Crippen molar-refractivity contribution in [3.05, 3.63) is 53.7 Å². The molecular weight excluding hydrogens is 252 g/mol. The summed E-state index contributed by atoms with van der Waals surface area (Å²) in [6.07, 6.45) is 1.71. The average molecular weight is 266 g/mol. The van der Waals surface area contributed by atoms with Crippen molar-refractivity contribution < 1.29 is 4.79 Å². The molecule has 0 aliphatic carbocycles. The summed E-state index contributed by atoms with van der Waals surface area (Å²) in [4.78, 5) is 16.6. The van der Waals surface area contributed by atoms with Crippen molar-refractivity contribution in [2.75, 3.05) is 5.32 Å². The standard InChI is InChI=1S/C15H14N4O/c1-10-6-3-4-7-11(10)15(20)17-13-12-8-5-9-16-14(12)19(2)18-13/h3-9H,1-2H3,(H,17,18,20). The van der Waals surface area contributed by atoms with E-state index >= 15 is 0 Å².